The van der Waals surface area contributed by atoms with Crippen LogP contribution in [0.4, 0.5) is 11.4 Å². The number of aryl methyl sites for hydroxylation is 1. The number of ether oxygens (including phenoxy) is 2. The molecule has 33 heavy (non-hydrogen) atoms. The second-order valence-electron chi connectivity index (χ2n) is 9.02. The number of carbonyl (C=O) groups excluding carboxylic acids is 2. The highest BCUT2D eigenvalue weighted by atomic mass is 16.5. The number of nitrogens with zero attached hydrogens (tertiary/aromatic N) is 2. The molecule has 2 aromatic rings. The number of methoxy groups -OCH3 is 1. The minimum absolute atomic E-state index is 0.0102. The summed E-state index contributed by atoms with van der Waals surface area (Å²) in [6.45, 7) is 6.53. The quantitative estimate of drug-likeness (QED) is 0.704. The van der Waals surface area contributed by atoms with Crippen LogP contribution >= 0.6 is 0 Å². The first-order chi connectivity index (χ1) is 16.0. The number of hydrogen-bond donors (Lipinski definition) is 2. The van der Waals surface area contributed by atoms with E-state index in [1.54, 1.807) is 7.11 Å². The Kier molecular flexibility index (Phi) is 5.85. The topological polar surface area (TPSA) is 83.1 Å². The predicted molar refractivity (Wildman–Crippen MR) is 126 cm³/mol. The van der Waals surface area contributed by atoms with Crippen LogP contribution in [0, 0.1) is 6.92 Å². The molecule has 2 heterocycles. The summed E-state index contributed by atoms with van der Waals surface area (Å²) in [5.74, 6) is 1.11. The Morgan fingerprint density at radius 1 is 1.18 bits per heavy atom. The van der Waals surface area contributed by atoms with Gasteiger partial charge in [-0.2, -0.15) is 0 Å². The normalized spacial score (nSPS) is 18.2. The molecule has 2 fully saturated rings. The Labute approximate surface area is 193 Å². The van der Waals surface area contributed by atoms with Crippen molar-refractivity contribution in [3.63, 3.8) is 0 Å². The molecule has 3 aliphatic rings. The zero-order valence-electron chi connectivity index (χ0n) is 19.1. The van der Waals surface area contributed by atoms with Gasteiger partial charge in [-0.1, -0.05) is 0 Å². The van der Waals surface area contributed by atoms with E-state index in [9.17, 15) is 9.59 Å². The van der Waals surface area contributed by atoms with E-state index in [1.165, 1.54) is 5.69 Å². The van der Waals surface area contributed by atoms with Crippen LogP contribution < -0.4 is 25.0 Å². The molecule has 1 saturated heterocycles. The van der Waals surface area contributed by atoms with Gasteiger partial charge in [0, 0.05) is 50.0 Å². The largest absolute Gasteiger partial charge is 0.493 e. The number of rotatable bonds is 6. The van der Waals surface area contributed by atoms with Gasteiger partial charge in [-0.3, -0.25) is 14.5 Å². The summed E-state index contributed by atoms with van der Waals surface area (Å²) in [6.07, 6.45) is 2.18. The summed E-state index contributed by atoms with van der Waals surface area (Å²) in [6, 6.07) is 10.3. The van der Waals surface area contributed by atoms with E-state index in [2.05, 4.69) is 33.4 Å². The summed E-state index contributed by atoms with van der Waals surface area (Å²) in [4.78, 5) is 28.8. The molecule has 0 radical (unpaired) electrons. The third kappa shape index (κ3) is 4.75. The molecule has 2 amide bonds. The summed E-state index contributed by atoms with van der Waals surface area (Å²) < 4.78 is 11.0. The Morgan fingerprint density at radius 3 is 2.67 bits per heavy atom. The lowest BCUT2D eigenvalue weighted by Gasteiger charge is -2.37. The van der Waals surface area contributed by atoms with Crippen LogP contribution in [0.1, 0.15) is 34.3 Å². The lowest BCUT2D eigenvalue weighted by atomic mass is 10.1. The molecule has 0 aromatic heterocycles. The maximum Gasteiger partial charge on any atom is 0.262 e. The van der Waals surface area contributed by atoms with Crippen LogP contribution in [0.25, 0.3) is 0 Å². The van der Waals surface area contributed by atoms with E-state index in [4.69, 9.17) is 9.47 Å². The molecule has 8 nitrogen and oxygen atoms in total. The zero-order valence-corrected chi connectivity index (χ0v) is 19.1. The molecular formula is C25H30N4O4. The number of fused-ring (bicyclic) bond motifs is 1. The van der Waals surface area contributed by atoms with Gasteiger partial charge in [-0.05, 0) is 61.2 Å². The molecule has 2 aliphatic heterocycles. The maximum atomic E-state index is 12.3. The first-order valence-electron chi connectivity index (χ1n) is 11.5. The number of anilines is 2. The summed E-state index contributed by atoms with van der Waals surface area (Å²) in [5.41, 5.74) is 4.79. The number of piperazine rings is 1. The fourth-order valence-corrected chi connectivity index (χ4v) is 4.52. The van der Waals surface area contributed by atoms with Gasteiger partial charge in [0.25, 0.3) is 11.8 Å². The van der Waals surface area contributed by atoms with Gasteiger partial charge in [0.1, 0.15) is 0 Å². The third-order valence-electron chi connectivity index (χ3n) is 6.45. The predicted octanol–water partition coefficient (Wildman–Crippen LogP) is 2.55. The number of benzene rings is 2. The maximum absolute atomic E-state index is 12.3. The minimum Gasteiger partial charge on any atom is -0.493 e. The monoisotopic (exact) mass is 450 g/mol. The molecule has 2 aromatic carbocycles. The molecule has 8 heteroatoms. The van der Waals surface area contributed by atoms with Gasteiger partial charge < -0.3 is 25.0 Å². The second kappa shape index (κ2) is 8.94. The molecule has 174 valence electrons. The molecule has 5 rings (SSSR count). The first kappa shape index (κ1) is 21.6. The van der Waals surface area contributed by atoms with Gasteiger partial charge in [0.15, 0.2) is 18.1 Å². The summed E-state index contributed by atoms with van der Waals surface area (Å²) in [7, 11) is 1.61. The van der Waals surface area contributed by atoms with Crippen molar-refractivity contribution >= 4 is 23.2 Å². The van der Waals surface area contributed by atoms with Crippen molar-refractivity contribution < 1.29 is 19.1 Å². The molecule has 0 atom stereocenters. The van der Waals surface area contributed by atoms with E-state index < -0.39 is 0 Å². The highest BCUT2D eigenvalue weighted by Gasteiger charge is 2.25. The second-order valence-corrected chi connectivity index (χ2v) is 9.02. The van der Waals surface area contributed by atoms with Crippen molar-refractivity contribution in [2.45, 2.75) is 32.4 Å². The van der Waals surface area contributed by atoms with E-state index in [1.807, 2.05) is 24.3 Å². The number of carbonyl (C=O) groups is 2. The minimum atomic E-state index is -0.151. The van der Waals surface area contributed by atoms with Crippen LogP contribution in [0.15, 0.2) is 30.3 Å². The molecule has 0 unspecified atom stereocenters. The van der Waals surface area contributed by atoms with Crippen molar-refractivity contribution in [1.82, 2.24) is 10.2 Å². The Balaban J connectivity index is 1.21. The van der Waals surface area contributed by atoms with Gasteiger partial charge >= 0.3 is 0 Å². The van der Waals surface area contributed by atoms with Crippen molar-refractivity contribution in [1.29, 1.82) is 0 Å². The van der Waals surface area contributed by atoms with E-state index in [0.717, 1.165) is 62.3 Å². The average Bonchev–Trinajstić information content (AvgIpc) is 3.63. The van der Waals surface area contributed by atoms with Gasteiger partial charge in [0.2, 0.25) is 0 Å². The molecular weight excluding hydrogens is 420 g/mol. The lowest BCUT2D eigenvalue weighted by molar-refractivity contribution is -0.118. The summed E-state index contributed by atoms with van der Waals surface area (Å²) in [5, 5.41) is 5.93. The van der Waals surface area contributed by atoms with E-state index >= 15 is 0 Å². The molecule has 0 bridgehead atoms. The van der Waals surface area contributed by atoms with Crippen LogP contribution in [-0.2, 0) is 11.3 Å². The number of nitrogens with one attached hydrogen (secondary N) is 2. The Morgan fingerprint density at radius 2 is 1.97 bits per heavy atom. The van der Waals surface area contributed by atoms with Crippen LogP contribution in [-0.4, -0.2) is 62.7 Å². The van der Waals surface area contributed by atoms with Gasteiger partial charge in [0.05, 0.1) is 12.8 Å². The number of amides is 2. The standard InChI is InChI=1S/C25H30N4O4/c1-16-11-18(25(31)26-19-4-5-19)3-6-21(16)29-9-7-28(8-10-29)14-17-12-20-24(22(13-17)32-2)33-15-23(30)27-20/h3,6,11-13,19H,4-5,7-10,14-15H2,1-2H3,(H,26,31)(H,27,30). The zero-order chi connectivity index (χ0) is 22.9. The van der Waals surface area contributed by atoms with Gasteiger partial charge in [-0.15, -0.1) is 0 Å². The van der Waals surface area contributed by atoms with Gasteiger partial charge in [-0.25, -0.2) is 0 Å². The lowest BCUT2D eigenvalue weighted by Crippen LogP contribution is -2.46. The summed E-state index contributed by atoms with van der Waals surface area (Å²) >= 11 is 0. The molecule has 1 aliphatic carbocycles. The van der Waals surface area contributed by atoms with Crippen molar-refractivity contribution in [2.75, 3.05) is 50.1 Å². The third-order valence-corrected chi connectivity index (χ3v) is 6.45. The van der Waals surface area contributed by atoms with E-state index in [0.29, 0.717) is 23.2 Å². The van der Waals surface area contributed by atoms with Crippen molar-refractivity contribution in [2.24, 2.45) is 0 Å². The highest BCUT2D eigenvalue weighted by molar-refractivity contribution is 5.96. The fourth-order valence-electron chi connectivity index (χ4n) is 4.52. The SMILES string of the molecule is COc1cc(CN2CCN(c3ccc(C(=O)NC4CC4)cc3C)CC2)cc2c1OCC(=O)N2. The number of hydrogen-bond acceptors (Lipinski definition) is 6. The van der Waals surface area contributed by atoms with Crippen molar-refractivity contribution in [3.05, 3.63) is 47.0 Å². The molecule has 1 saturated carbocycles. The Bertz CT molecular complexity index is 1070. The Hall–Kier alpha value is -3.26. The van der Waals surface area contributed by atoms with Crippen LogP contribution in [0.2, 0.25) is 0 Å². The van der Waals surface area contributed by atoms with Crippen molar-refractivity contribution in [3.8, 4) is 11.5 Å². The van der Waals surface area contributed by atoms with Crippen LogP contribution in [0.3, 0.4) is 0 Å². The average molecular weight is 451 g/mol. The molecule has 0 spiro atoms. The first-order valence-corrected chi connectivity index (χ1v) is 11.5. The fraction of sp³-hybridized carbons (Fsp3) is 0.440. The van der Waals surface area contributed by atoms with E-state index in [-0.39, 0.29) is 18.4 Å². The highest BCUT2D eigenvalue weighted by Crippen LogP contribution is 2.39. The molecule has 2 N–H and O–H groups in total. The smallest absolute Gasteiger partial charge is 0.262 e. The van der Waals surface area contributed by atoms with Crippen LogP contribution in [0.5, 0.6) is 11.5 Å².